The molecule has 0 aromatic rings. The Morgan fingerprint density at radius 2 is 1.49 bits per heavy atom. The van der Waals surface area contributed by atoms with Crippen LogP contribution < -0.4 is 0 Å². The molecule has 2 rings (SSSR count). The fourth-order valence-electron chi connectivity index (χ4n) is 3.49. The minimum atomic E-state index is -2.54. The van der Waals surface area contributed by atoms with Crippen LogP contribution in [0.25, 0.3) is 0 Å². The van der Waals surface area contributed by atoms with Gasteiger partial charge in [0, 0.05) is 0 Å². The molecule has 19 nitrogen and oxygen atoms in total. The van der Waals surface area contributed by atoms with Gasteiger partial charge in [-0.05, 0) is 20.8 Å². The van der Waals surface area contributed by atoms with Crippen molar-refractivity contribution in [1.29, 1.82) is 0 Å². The summed E-state index contributed by atoms with van der Waals surface area (Å²) in [6, 6.07) is 0. The summed E-state index contributed by atoms with van der Waals surface area (Å²) in [7, 11) is 0. The van der Waals surface area contributed by atoms with Crippen LogP contribution in [0.4, 0.5) is 0 Å². The van der Waals surface area contributed by atoms with Crippen molar-refractivity contribution in [2.45, 2.75) is 101 Å². The smallest absolute Gasteiger partial charge is 0.338 e. The Kier molecular flexibility index (Phi) is 13.6. The van der Waals surface area contributed by atoms with Gasteiger partial charge in [0.1, 0.15) is 37.6 Å². The van der Waals surface area contributed by atoms with E-state index in [1.165, 1.54) is 20.8 Å². The van der Waals surface area contributed by atoms with Gasteiger partial charge in [0.05, 0.1) is 18.8 Å². The van der Waals surface area contributed by atoms with Gasteiger partial charge in [-0.3, -0.25) is 0 Å². The second-order valence-corrected chi connectivity index (χ2v) is 9.67. The van der Waals surface area contributed by atoms with Gasteiger partial charge in [0.2, 0.25) is 18.7 Å². The lowest BCUT2D eigenvalue weighted by atomic mass is 10.0. The van der Waals surface area contributed by atoms with E-state index in [9.17, 15) is 50.4 Å². The Labute approximate surface area is 233 Å². The van der Waals surface area contributed by atoms with Gasteiger partial charge >= 0.3 is 11.9 Å². The molecule has 0 saturated carbocycles. The van der Waals surface area contributed by atoms with Crippen molar-refractivity contribution in [1.82, 2.24) is 0 Å². The van der Waals surface area contributed by atoms with Crippen molar-refractivity contribution in [3.63, 3.8) is 0 Å². The molecule has 11 unspecified atom stereocenters. The Hall–Kier alpha value is -1.66. The molecule has 0 aromatic carbocycles. The lowest BCUT2D eigenvalue weighted by Gasteiger charge is -2.38. The highest BCUT2D eigenvalue weighted by Crippen LogP contribution is 2.24. The Balaban J connectivity index is 2.13. The van der Waals surface area contributed by atoms with Gasteiger partial charge in [-0.25, -0.2) is 9.59 Å². The predicted octanol–water partition coefficient (Wildman–Crippen LogP) is -4.77. The van der Waals surface area contributed by atoms with Crippen molar-refractivity contribution in [3.05, 3.63) is 0 Å². The summed E-state index contributed by atoms with van der Waals surface area (Å²) in [5.41, 5.74) is -1.42. The minimum absolute atomic E-state index is 0.433. The van der Waals surface area contributed by atoms with E-state index in [1.807, 2.05) is 0 Å². The van der Waals surface area contributed by atoms with Gasteiger partial charge < -0.3 is 83.9 Å². The fraction of sp³-hybridized carbons (Fsp3) is 0.909. The van der Waals surface area contributed by atoms with Crippen LogP contribution in [0.5, 0.6) is 0 Å². The number of carboxylic acid groups (broad SMARTS) is 2. The van der Waals surface area contributed by atoms with Crippen LogP contribution in [0, 0.1) is 0 Å². The number of carboxylic acids is 2. The zero-order valence-electron chi connectivity index (χ0n) is 22.4. The highest BCUT2D eigenvalue weighted by molar-refractivity contribution is 5.72. The van der Waals surface area contributed by atoms with Crippen LogP contribution in [-0.2, 0) is 47.5 Å². The Morgan fingerprint density at radius 3 is 2.07 bits per heavy atom. The number of rotatable bonds is 16. The first-order chi connectivity index (χ1) is 19.0. The zero-order chi connectivity index (χ0) is 31.1. The molecule has 2 aliphatic rings. The summed E-state index contributed by atoms with van der Waals surface area (Å²) in [4.78, 5) is 22.5. The molecule has 0 aromatic heterocycles. The van der Waals surface area contributed by atoms with E-state index in [2.05, 4.69) is 0 Å². The van der Waals surface area contributed by atoms with E-state index in [0.717, 1.165) is 0 Å². The van der Waals surface area contributed by atoms with Crippen molar-refractivity contribution in [2.75, 3.05) is 26.4 Å². The lowest BCUT2D eigenvalue weighted by Crippen LogP contribution is -2.55. The van der Waals surface area contributed by atoms with Crippen molar-refractivity contribution in [3.8, 4) is 0 Å². The number of aliphatic hydroxyl groups excluding tert-OH is 6. The molecule has 2 saturated heterocycles. The molecule has 2 aliphatic heterocycles. The molecule has 0 bridgehead atoms. The molecular formula is C22H38O19. The molecule has 0 spiro atoms. The largest absolute Gasteiger partial charge is 0.479 e. The van der Waals surface area contributed by atoms with Crippen LogP contribution in [0.3, 0.4) is 0 Å². The second-order valence-electron chi connectivity index (χ2n) is 9.67. The monoisotopic (exact) mass is 606 g/mol. The standard InChI is InChI=1S/C22H38O19/c1-8(16(28)29)41-22(2,3)10(24)5-35-20-21(38-11(25)6-36-20)40-12(39-15(17(30)31)18(32)33)7-37-19-14(27)13(26)9(23)4-34-19/h8-15,17,19-21,23-27,30-31H,4-7H2,1-3H3,(H,28,29)(H,32,33). The SMILES string of the molecule is CC(OC(C)(C)C(O)COC1OCC(O)OC1OC(COC1OCC(O)C(O)C1O)OC(C(=O)O)C(O)O)C(=O)O. The molecule has 19 heteroatoms. The van der Waals surface area contributed by atoms with E-state index in [-0.39, 0.29) is 0 Å². The van der Waals surface area contributed by atoms with Crippen LogP contribution in [0.1, 0.15) is 20.8 Å². The molecule has 41 heavy (non-hydrogen) atoms. The van der Waals surface area contributed by atoms with E-state index in [0.29, 0.717) is 0 Å². The van der Waals surface area contributed by atoms with E-state index < -0.39 is 118 Å². The van der Waals surface area contributed by atoms with Crippen molar-refractivity contribution >= 4 is 11.9 Å². The average Bonchev–Trinajstić information content (AvgIpc) is 2.88. The topological polar surface area (TPSA) is 290 Å². The molecule has 11 atom stereocenters. The molecule has 2 heterocycles. The molecular weight excluding hydrogens is 568 g/mol. The second kappa shape index (κ2) is 15.7. The molecule has 9 N–H and O–H groups in total. The van der Waals surface area contributed by atoms with Gasteiger partial charge in [-0.15, -0.1) is 0 Å². The molecule has 0 aliphatic carbocycles. The van der Waals surface area contributed by atoms with Gasteiger partial charge in [0.25, 0.3) is 0 Å². The number of carbonyl (C=O) groups is 2. The van der Waals surface area contributed by atoms with Gasteiger partial charge in [-0.1, -0.05) is 0 Å². The Morgan fingerprint density at radius 1 is 0.878 bits per heavy atom. The summed E-state index contributed by atoms with van der Waals surface area (Å²) in [6.45, 7) is 1.85. The normalized spacial score (nSPS) is 32.3. The predicted molar refractivity (Wildman–Crippen MR) is 124 cm³/mol. The third-order valence-electron chi connectivity index (χ3n) is 5.91. The summed E-state index contributed by atoms with van der Waals surface area (Å²) in [5.74, 6) is -3.09. The summed E-state index contributed by atoms with van der Waals surface area (Å²) in [6.07, 6.45) is -20.6. The van der Waals surface area contributed by atoms with E-state index in [4.69, 9.17) is 43.0 Å². The summed E-state index contributed by atoms with van der Waals surface area (Å²) < 4.78 is 42.3. The highest BCUT2D eigenvalue weighted by Gasteiger charge is 2.42. The van der Waals surface area contributed by atoms with Crippen LogP contribution >= 0.6 is 0 Å². The maximum absolute atomic E-state index is 11.4. The molecule has 240 valence electrons. The first kappa shape index (κ1) is 35.5. The fourth-order valence-corrected chi connectivity index (χ4v) is 3.49. The average molecular weight is 607 g/mol. The van der Waals surface area contributed by atoms with Gasteiger partial charge in [-0.2, -0.15) is 0 Å². The quantitative estimate of drug-likeness (QED) is 0.0745. The highest BCUT2D eigenvalue weighted by atomic mass is 16.8. The lowest BCUT2D eigenvalue weighted by molar-refractivity contribution is -0.406. The summed E-state index contributed by atoms with van der Waals surface area (Å²) >= 11 is 0. The molecule has 2 fully saturated rings. The molecule has 0 amide bonds. The van der Waals surface area contributed by atoms with E-state index >= 15 is 0 Å². The first-order valence-electron chi connectivity index (χ1n) is 12.4. The Bertz CT molecular complexity index is 825. The number of hydrogen-bond donors (Lipinski definition) is 9. The molecule has 0 radical (unpaired) electrons. The third-order valence-corrected chi connectivity index (χ3v) is 5.91. The summed E-state index contributed by atoms with van der Waals surface area (Å²) in [5, 5.41) is 87.0. The van der Waals surface area contributed by atoms with Crippen molar-refractivity contribution in [2.24, 2.45) is 0 Å². The van der Waals surface area contributed by atoms with Crippen LogP contribution in [0.2, 0.25) is 0 Å². The minimum Gasteiger partial charge on any atom is -0.479 e. The van der Waals surface area contributed by atoms with Gasteiger partial charge in [0.15, 0.2) is 31.3 Å². The number of aliphatic hydroxyl groups is 7. The zero-order valence-corrected chi connectivity index (χ0v) is 22.4. The third kappa shape index (κ3) is 10.5. The first-order valence-corrected chi connectivity index (χ1v) is 12.4. The van der Waals surface area contributed by atoms with Crippen LogP contribution in [-0.4, -0.2) is 164 Å². The van der Waals surface area contributed by atoms with Crippen molar-refractivity contribution < 1.29 is 93.4 Å². The maximum atomic E-state index is 11.4. The number of hydrogen-bond acceptors (Lipinski definition) is 17. The number of aliphatic carboxylic acids is 2. The van der Waals surface area contributed by atoms with Crippen LogP contribution in [0.15, 0.2) is 0 Å². The van der Waals surface area contributed by atoms with E-state index in [1.54, 1.807) is 0 Å². The number of ether oxygens (including phenoxy) is 8. The maximum Gasteiger partial charge on any atom is 0.338 e.